The molecule has 10 heavy (non-hydrogen) atoms. The van der Waals surface area contributed by atoms with Crippen molar-refractivity contribution < 1.29 is 9.53 Å². The van der Waals surface area contributed by atoms with Crippen LogP contribution in [0.2, 0.25) is 0 Å². The van der Waals surface area contributed by atoms with Gasteiger partial charge in [-0.2, -0.15) is 0 Å². The summed E-state index contributed by atoms with van der Waals surface area (Å²) < 4.78 is 5.17. The summed E-state index contributed by atoms with van der Waals surface area (Å²) in [6.45, 7) is 5.91. The summed E-state index contributed by atoms with van der Waals surface area (Å²) in [6, 6.07) is 0. The highest BCUT2D eigenvalue weighted by molar-refractivity contribution is 5.82. The zero-order valence-electron chi connectivity index (χ0n) is 6.81. The molecular weight excluding hydrogens is 130 g/mol. The van der Waals surface area contributed by atoms with E-state index in [1.54, 1.807) is 13.8 Å². The molecular formula is C7H15NO2. The SMILES string of the molecule is CCCOC(C)(C)C(N)=O. The van der Waals surface area contributed by atoms with Crippen molar-refractivity contribution in [1.29, 1.82) is 0 Å². The number of nitrogens with two attached hydrogens (primary N) is 1. The van der Waals surface area contributed by atoms with Crippen LogP contribution in [-0.4, -0.2) is 18.1 Å². The minimum atomic E-state index is -0.810. The van der Waals surface area contributed by atoms with E-state index in [0.717, 1.165) is 6.42 Å². The number of hydrogen-bond donors (Lipinski definition) is 1. The molecule has 0 unspecified atom stereocenters. The first-order valence-corrected chi connectivity index (χ1v) is 3.44. The number of rotatable bonds is 4. The fourth-order valence-electron chi connectivity index (χ4n) is 0.428. The first-order chi connectivity index (χ1) is 4.50. The van der Waals surface area contributed by atoms with E-state index >= 15 is 0 Å². The highest BCUT2D eigenvalue weighted by Gasteiger charge is 2.24. The Balaban J connectivity index is 3.75. The van der Waals surface area contributed by atoms with Gasteiger partial charge in [0.2, 0.25) is 5.91 Å². The molecule has 0 aliphatic carbocycles. The molecule has 0 aromatic heterocycles. The average Bonchev–Trinajstić information content (AvgIpc) is 1.84. The Labute approximate surface area is 61.5 Å². The third kappa shape index (κ3) is 2.82. The van der Waals surface area contributed by atoms with Crippen molar-refractivity contribution in [3.63, 3.8) is 0 Å². The summed E-state index contributed by atoms with van der Waals surface area (Å²) in [7, 11) is 0. The molecule has 0 fully saturated rings. The molecule has 0 aromatic rings. The monoisotopic (exact) mass is 145 g/mol. The quantitative estimate of drug-likeness (QED) is 0.632. The lowest BCUT2D eigenvalue weighted by Gasteiger charge is -2.20. The van der Waals surface area contributed by atoms with E-state index in [1.807, 2.05) is 6.92 Å². The van der Waals surface area contributed by atoms with Crippen LogP contribution in [0, 0.1) is 0 Å². The van der Waals surface area contributed by atoms with Gasteiger partial charge in [0.05, 0.1) is 0 Å². The molecule has 60 valence electrons. The Morgan fingerprint density at radius 2 is 2.10 bits per heavy atom. The molecule has 0 saturated heterocycles. The van der Waals surface area contributed by atoms with Crippen molar-refractivity contribution in [2.45, 2.75) is 32.8 Å². The van der Waals surface area contributed by atoms with Crippen molar-refractivity contribution in [3.8, 4) is 0 Å². The molecule has 0 rings (SSSR count). The van der Waals surface area contributed by atoms with Gasteiger partial charge >= 0.3 is 0 Å². The largest absolute Gasteiger partial charge is 0.367 e. The molecule has 3 nitrogen and oxygen atoms in total. The van der Waals surface area contributed by atoms with Crippen molar-refractivity contribution >= 4 is 5.91 Å². The second-order valence-corrected chi connectivity index (χ2v) is 2.72. The van der Waals surface area contributed by atoms with Gasteiger partial charge in [0.1, 0.15) is 5.60 Å². The number of primary amides is 1. The molecule has 1 amide bonds. The lowest BCUT2D eigenvalue weighted by atomic mass is 10.1. The second-order valence-electron chi connectivity index (χ2n) is 2.72. The third-order valence-corrected chi connectivity index (χ3v) is 1.26. The van der Waals surface area contributed by atoms with Crippen molar-refractivity contribution in [2.75, 3.05) is 6.61 Å². The van der Waals surface area contributed by atoms with Gasteiger partial charge < -0.3 is 10.5 Å². The Morgan fingerprint density at radius 1 is 1.60 bits per heavy atom. The number of hydrogen-bond acceptors (Lipinski definition) is 2. The average molecular weight is 145 g/mol. The van der Waals surface area contributed by atoms with Gasteiger partial charge in [-0.1, -0.05) is 6.92 Å². The highest BCUT2D eigenvalue weighted by atomic mass is 16.5. The normalized spacial score (nSPS) is 11.5. The maximum Gasteiger partial charge on any atom is 0.249 e. The van der Waals surface area contributed by atoms with Crippen LogP contribution in [0.4, 0.5) is 0 Å². The van der Waals surface area contributed by atoms with Crippen molar-refractivity contribution in [2.24, 2.45) is 5.73 Å². The summed E-state index contributed by atoms with van der Waals surface area (Å²) in [5.41, 5.74) is 4.24. The zero-order chi connectivity index (χ0) is 8.20. The fourth-order valence-corrected chi connectivity index (χ4v) is 0.428. The molecule has 2 N–H and O–H groups in total. The topological polar surface area (TPSA) is 52.3 Å². The van der Waals surface area contributed by atoms with Crippen LogP contribution in [0.3, 0.4) is 0 Å². The van der Waals surface area contributed by atoms with Gasteiger partial charge in [0.25, 0.3) is 0 Å². The molecule has 0 bridgehead atoms. The van der Waals surface area contributed by atoms with Crippen LogP contribution >= 0.6 is 0 Å². The van der Waals surface area contributed by atoms with Crippen LogP contribution in [0.1, 0.15) is 27.2 Å². The Bertz CT molecular complexity index is 121. The molecule has 0 aromatic carbocycles. The molecule has 0 radical (unpaired) electrons. The van der Waals surface area contributed by atoms with E-state index in [4.69, 9.17) is 10.5 Å². The van der Waals surface area contributed by atoms with E-state index < -0.39 is 11.5 Å². The smallest absolute Gasteiger partial charge is 0.249 e. The second kappa shape index (κ2) is 3.56. The van der Waals surface area contributed by atoms with Crippen molar-refractivity contribution in [3.05, 3.63) is 0 Å². The van der Waals surface area contributed by atoms with E-state index in [0.29, 0.717) is 6.61 Å². The predicted octanol–water partition coefficient (Wildman–Crippen LogP) is 0.677. The number of amides is 1. The molecule has 0 heterocycles. The van der Waals surface area contributed by atoms with E-state index in [9.17, 15) is 4.79 Å². The maximum absolute atomic E-state index is 10.6. The summed E-state index contributed by atoms with van der Waals surface area (Å²) in [5, 5.41) is 0. The maximum atomic E-state index is 10.6. The summed E-state index contributed by atoms with van der Waals surface area (Å²) >= 11 is 0. The van der Waals surface area contributed by atoms with E-state index in [2.05, 4.69) is 0 Å². The Kier molecular flexibility index (Phi) is 3.36. The number of ether oxygens (including phenoxy) is 1. The lowest BCUT2D eigenvalue weighted by Crippen LogP contribution is -2.40. The summed E-state index contributed by atoms with van der Waals surface area (Å²) in [5.74, 6) is -0.416. The molecule has 0 spiro atoms. The van der Waals surface area contributed by atoms with Gasteiger partial charge in [-0.05, 0) is 20.3 Å². The fraction of sp³-hybridized carbons (Fsp3) is 0.857. The summed E-state index contributed by atoms with van der Waals surface area (Å²) in [6.07, 6.45) is 0.900. The number of carbonyl (C=O) groups is 1. The van der Waals surface area contributed by atoms with E-state index in [-0.39, 0.29) is 0 Å². The van der Waals surface area contributed by atoms with Crippen LogP contribution in [0.5, 0.6) is 0 Å². The van der Waals surface area contributed by atoms with Crippen molar-refractivity contribution in [1.82, 2.24) is 0 Å². The Hall–Kier alpha value is -0.570. The van der Waals surface area contributed by atoms with Crippen LogP contribution in [0.25, 0.3) is 0 Å². The molecule has 0 atom stereocenters. The number of carbonyl (C=O) groups excluding carboxylic acids is 1. The molecule has 0 saturated carbocycles. The lowest BCUT2D eigenvalue weighted by molar-refractivity contribution is -0.139. The molecule has 0 aliphatic heterocycles. The third-order valence-electron chi connectivity index (χ3n) is 1.26. The first-order valence-electron chi connectivity index (χ1n) is 3.44. The highest BCUT2D eigenvalue weighted by Crippen LogP contribution is 2.07. The van der Waals surface area contributed by atoms with Gasteiger partial charge in [-0.3, -0.25) is 4.79 Å². The molecule has 3 heteroatoms. The van der Waals surface area contributed by atoms with Gasteiger partial charge in [-0.25, -0.2) is 0 Å². The standard InChI is InChI=1S/C7H15NO2/c1-4-5-10-7(2,3)6(8)9/h4-5H2,1-3H3,(H2,8,9). The van der Waals surface area contributed by atoms with Gasteiger partial charge in [0, 0.05) is 6.61 Å². The van der Waals surface area contributed by atoms with Crippen LogP contribution in [0.15, 0.2) is 0 Å². The van der Waals surface area contributed by atoms with E-state index in [1.165, 1.54) is 0 Å². The summed E-state index contributed by atoms with van der Waals surface area (Å²) in [4.78, 5) is 10.6. The Morgan fingerprint density at radius 3 is 2.40 bits per heavy atom. The predicted molar refractivity (Wildman–Crippen MR) is 39.5 cm³/mol. The van der Waals surface area contributed by atoms with Crippen LogP contribution in [-0.2, 0) is 9.53 Å². The first kappa shape index (κ1) is 9.43. The van der Waals surface area contributed by atoms with Gasteiger partial charge in [0.15, 0.2) is 0 Å². The minimum Gasteiger partial charge on any atom is -0.367 e. The zero-order valence-corrected chi connectivity index (χ0v) is 6.81. The van der Waals surface area contributed by atoms with Crippen LogP contribution < -0.4 is 5.73 Å². The molecule has 0 aliphatic rings. The minimum absolute atomic E-state index is 0.416. The van der Waals surface area contributed by atoms with Gasteiger partial charge in [-0.15, -0.1) is 0 Å².